The summed E-state index contributed by atoms with van der Waals surface area (Å²) in [6.45, 7) is 13.9. The Morgan fingerprint density at radius 2 is 1.91 bits per heavy atom. The molecule has 8 nitrogen and oxygen atoms in total. The second-order valence-corrected chi connectivity index (χ2v) is 12.2. The van der Waals surface area contributed by atoms with Crippen LogP contribution in [0.2, 0.25) is 0 Å². The molecule has 0 saturated heterocycles. The fraction of sp³-hybridized carbons (Fsp3) is 0.514. The zero-order valence-corrected chi connectivity index (χ0v) is 27.0. The van der Waals surface area contributed by atoms with Gasteiger partial charge < -0.3 is 25.6 Å². The summed E-state index contributed by atoms with van der Waals surface area (Å²) in [6, 6.07) is 0. The molecule has 1 aliphatic heterocycles. The van der Waals surface area contributed by atoms with Gasteiger partial charge in [0.1, 0.15) is 18.3 Å². The molecular weight excluding hydrogens is 544 g/mol. The van der Waals surface area contributed by atoms with Crippen LogP contribution in [0.1, 0.15) is 87.0 Å². The van der Waals surface area contributed by atoms with Gasteiger partial charge in [-0.1, -0.05) is 80.0 Å². The van der Waals surface area contributed by atoms with E-state index in [1.165, 1.54) is 12.2 Å². The largest absolute Gasteiger partial charge is 0.458 e. The van der Waals surface area contributed by atoms with Crippen molar-refractivity contribution in [3.8, 4) is 0 Å². The first kappa shape index (κ1) is 37.4. The molecule has 1 aliphatic rings. The summed E-state index contributed by atoms with van der Waals surface area (Å²) in [6.07, 6.45) is 20.4. The number of hydrogen-bond donors (Lipinski definition) is 3. The van der Waals surface area contributed by atoms with E-state index in [9.17, 15) is 19.5 Å². The molecule has 4 N–H and O–H groups in total. The Morgan fingerprint density at radius 1 is 1.19 bits per heavy atom. The third-order valence-corrected chi connectivity index (χ3v) is 6.92. The summed E-state index contributed by atoms with van der Waals surface area (Å²) in [5, 5.41) is 13.3. The maximum Gasteiger partial charge on any atom is 0.404 e. The Bertz CT molecular complexity index is 1130. The minimum Gasteiger partial charge on any atom is -0.458 e. The van der Waals surface area contributed by atoms with Crippen molar-refractivity contribution in [3.63, 3.8) is 0 Å². The molecule has 0 saturated carbocycles. The molecule has 0 aromatic heterocycles. The molecule has 238 valence electrons. The lowest BCUT2D eigenvalue weighted by atomic mass is 9.84. The van der Waals surface area contributed by atoms with Gasteiger partial charge in [0.15, 0.2) is 0 Å². The van der Waals surface area contributed by atoms with E-state index in [1.807, 2.05) is 77.2 Å². The van der Waals surface area contributed by atoms with Crippen LogP contribution >= 0.6 is 0 Å². The van der Waals surface area contributed by atoms with E-state index in [1.54, 1.807) is 12.3 Å². The average molecular weight is 597 g/mol. The minimum absolute atomic E-state index is 0.0833. The average Bonchev–Trinajstić information content (AvgIpc) is 2.88. The molecule has 0 fully saturated rings. The van der Waals surface area contributed by atoms with Gasteiger partial charge in [-0.3, -0.25) is 4.79 Å². The Hall–Kier alpha value is -3.65. The van der Waals surface area contributed by atoms with Crippen LogP contribution in [-0.4, -0.2) is 41.4 Å². The molecule has 0 bridgehead atoms. The fourth-order valence-corrected chi connectivity index (χ4v) is 4.49. The van der Waals surface area contributed by atoms with Gasteiger partial charge in [-0.25, -0.2) is 9.59 Å². The van der Waals surface area contributed by atoms with Crippen LogP contribution in [0.5, 0.6) is 0 Å². The first-order valence-corrected chi connectivity index (χ1v) is 15.0. The molecule has 0 aromatic rings. The number of carbonyl (C=O) groups excluding carboxylic acids is 3. The highest BCUT2D eigenvalue weighted by molar-refractivity contribution is 5.88. The van der Waals surface area contributed by atoms with E-state index in [2.05, 4.69) is 19.2 Å². The lowest BCUT2D eigenvalue weighted by Crippen LogP contribution is -2.32. The first-order chi connectivity index (χ1) is 20.2. The van der Waals surface area contributed by atoms with E-state index in [0.717, 1.165) is 23.1 Å². The molecule has 1 rings (SSSR count). The molecule has 2 amide bonds. The number of cyclic esters (lactones) is 1. The van der Waals surface area contributed by atoms with E-state index < -0.39 is 24.4 Å². The van der Waals surface area contributed by atoms with Gasteiger partial charge >= 0.3 is 12.1 Å². The summed E-state index contributed by atoms with van der Waals surface area (Å²) < 4.78 is 11.1. The predicted molar refractivity (Wildman–Crippen MR) is 173 cm³/mol. The minimum atomic E-state index is -0.955. The number of rotatable bonds is 6. The van der Waals surface area contributed by atoms with Crippen molar-refractivity contribution in [1.82, 2.24) is 5.32 Å². The Labute approximate surface area is 258 Å². The molecular formula is C35H52N2O6. The van der Waals surface area contributed by atoms with E-state index in [4.69, 9.17) is 15.2 Å². The van der Waals surface area contributed by atoms with Crippen molar-refractivity contribution >= 4 is 18.0 Å². The highest BCUT2D eigenvalue weighted by atomic mass is 16.6. The van der Waals surface area contributed by atoms with Crippen LogP contribution in [-0.2, 0) is 19.1 Å². The van der Waals surface area contributed by atoms with Gasteiger partial charge in [0.25, 0.3) is 0 Å². The van der Waals surface area contributed by atoms with Crippen molar-refractivity contribution in [2.75, 3.05) is 0 Å². The van der Waals surface area contributed by atoms with Crippen LogP contribution in [0.15, 0.2) is 83.7 Å². The number of nitrogens with one attached hydrogen (secondary N) is 1. The molecule has 0 aromatic carbocycles. The monoisotopic (exact) mass is 596 g/mol. The third-order valence-electron chi connectivity index (χ3n) is 6.92. The molecule has 1 heterocycles. The number of ether oxygens (including phenoxy) is 2. The maximum absolute atomic E-state index is 12.8. The van der Waals surface area contributed by atoms with Crippen molar-refractivity contribution in [2.24, 2.45) is 17.1 Å². The van der Waals surface area contributed by atoms with Crippen LogP contribution in [0.25, 0.3) is 0 Å². The number of primary amides is 1. The van der Waals surface area contributed by atoms with Gasteiger partial charge in [0.2, 0.25) is 5.91 Å². The summed E-state index contributed by atoms with van der Waals surface area (Å²) in [5.74, 6) is -0.671. The summed E-state index contributed by atoms with van der Waals surface area (Å²) in [7, 11) is 0. The van der Waals surface area contributed by atoms with Crippen LogP contribution in [0, 0.1) is 11.3 Å². The Kier molecular flexibility index (Phi) is 17.0. The number of carbonyl (C=O) groups is 3. The topological polar surface area (TPSA) is 128 Å². The molecule has 0 unspecified atom stereocenters. The van der Waals surface area contributed by atoms with Crippen molar-refractivity contribution in [3.05, 3.63) is 83.7 Å². The standard InChI is InChI=1S/C35H52N2O6/c1-25(2)22-32(39)37-21-18-27(4)23-28(5)31-24-26(3)14-9-8-10-16-30(43-34(36)41)29(38)15-11-12-19-35(6,7)20-13-17-33(40)42-31/h8-9,11,13-15,17-18,21-23,28-31,38H,10,12,16,19-20,24H2,1-7H3,(H2,36,41)(H,37,39)/b9-8+,15-11+,17-13+,21-18+,26-14+,27-23+/t28-,29+,30+,31-/m1/s1. The predicted octanol–water partition coefficient (Wildman–Crippen LogP) is 6.90. The van der Waals surface area contributed by atoms with Crippen LogP contribution in [0.4, 0.5) is 4.79 Å². The smallest absolute Gasteiger partial charge is 0.404 e. The third kappa shape index (κ3) is 17.8. The molecule has 0 aliphatic carbocycles. The van der Waals surface area contributed by atoms with Gasteiger partial charge in [-0.2, -0.15) is 0 Å². The first-order valence-electron chi connectivity index (χ1n) is 15.0. The van der Waals surface area contributed by atoms with E-state index in [0.29, 0.717) is 32.1 Å². The van der Waals surface area contributed by atoms with Crippen molar-refractivity contribution < 1.29 is 29.0 Å². The van der Waals surface area contributed by atoms with Gasteiger partial charge in [0, 0.05) is 30.7 Å². The zero-order valence-electron chi connectivity index (χ0n) is 27.0. The Morgan fingerprint density at radius 3 is 2.58 bits per heavy atom. The quantitative estimate of drug-likeness (QED) is 0.132. The SMILES string of the molecule is CC(C)=CC(=O)N/C=C/C(C)=C/[C@@H](C)[C@H]1C/C(C)=C/C=C/CC[C@H](OC(N)=O)[C@@H](O)/C=C/CCC(C)(C)C/C=C/C(=O)O1. The maximum atomic E-state index is 12.8. The molecule has 43 heavy (non-hydrogen) atoms. The second-order valence-electron chi connectivity index (χ2n) is 12.2. The van der Waals surface area contributed by atoms with E-state index in [-0.39, 0.29) is 23.2 Å². The fourth-order valence-electron chi connectivity index (χ4n) is 4.49. The summed E-state index contributed by atoms with van der Waals surface area (Å²) in [5.41, 5.74) is 8.01. The Balaban J connectivity index is 3.17. The number of amides is 2. The molecule has 0 spiro atoms. The number of esters is 1. The lowest BCUT2D eigenvalue weighted by molar-refractivity contribution is -0.144. The van der Waals surface area contributed by atoms with Crippen molar-refractivity contribution in [1.29, 1.82) is 0 Å². The number of aliphatic hydroxyl groups excluding tert-OH is 1. The van der Waals surface area contributed by atoms with E-state index >= 15 is 0 Å². The number of allylic oxidation sites excluding steroid dienone is 8. The molecule has 4 atom stereocenters. The van der Waals surface area contributed by atoms with Crippen molar-refractivity contribution in [2.45, 2.75) is 105 Å². The second kappa shape index (κ2) is 19.5. The van der Waals surface area contributed by atoms with Crippen LogP contribution < -0.4 is 11.1 Å². The lowest BCUT2D eigenvalue weighted by Gasteiger charge is -2.23. The van der Waals surface area contributed by atoms with Gasteiger partial charge in [0.05, 0.1) is 0 Å². The number of aliphatic hydroxyl groups is 1. The normalized spacial score (nSPS) is 27.0. The zero-order chi connectivity index (χ0) is 32.4. The highest BCUT2D eigenvalue weighted by Crippen LogP contribution is 2.28. The molecule has 0 radical (unpaired) electrons. The molecule has 8 heteroatoms. The number of nitrogens with two attached hydrogens (primary N) is 1. The van der Waals surface area contributed by atoms with Gasteiger partial charge in [-0.15, -0.1) is 0 Å². The highest BCUT2D eigenvalue weighted by Gasteiger charge is 2.22. The van der Waals surface area contributed by atoms with Crippen LogP contribution in [0.3, 0.4) is 0 Å². The number of hydrogen-bond acceptors (Lipinski definition) is 6. The summed E-state index contributed by atoms with van der Waals surface area (Å²) >= 11 is 0. The van der Waals surface area contributed by atoms with Gasteiger partial charge in [-0.05, 0) is 71.3 Å². The summed E-state index contributed by atoms with van der Waals surface area (Å²) in [4.78, 5) is 36.1.